The van der Waals surface area contributed by atoms with Gasteiger partial charge >= 0.3 is 0 Å². The van der Waals surface area contributed by atoms with Gasteiger partial charge in [-0.2, -0.15) is 0 Å². The summed E-state index contributed by atoms with van der Waals surface area (Å²) in [5.41, 5.74) is 0.982. The molecular formula is C23H36N4O2. The van der Waals surface area contributed by atoms with Crippen molar-refractivity contribution < 1.29 is 9.90 Å². The quantitative estimate of drug-likeness (QED) is 0.766. The molecule has 1 amide bonds. The standard InChI is InChI=1S/C23H36N4O2/c28-18-23(9-1-2-10-23)25-22(29)20-4-3-13-27(17-20)21-7-14-26(15-8-21)16-19-5-11-24-12-6-19/h5-6,11-12,20-21,28H,1-4,7-10,13-18H2,(H,25,29)/t20-/m0/s1. The molecule has 2 aliphatic heterocycles. The topological polar surface area (TPSA) is 68.7 Å². The zero-order chi connectivity index (χ0) is 20.1. The van der Waals surface area contributed by atoms with Gasteiger partial charge in [0.05, 0.1) is 18.1 Å². The van der Waals surface area contributed by atoms with Gasteiger partial charge in [-0.15, -0.1) is 0 Å². The second-order valence-electron chi connectivity index (χ2n) is 9.33. The first-order chi connectivity index (χ1) is 14.2. The Kier molecular flexibility index (Phi) is 6.83. The number of hydrogen-bond donors (Lipinski definition) is 2. The third-order valence-corrected chi connectivity index (χ3v) is 7.30. The van der Waals surface area contributed by atoms with Crippen LogP contribution in [0.15, 0.2) is 24.5 Å². The van der Waals surface area contributed by atoms with Crippen LogP contribution in [0, 0.1) is 5.92 Å². The molecule has 2 saturated heterocycles. The maximum Gasteiger partial charge on any atom is 0.224 e. The highest BCUT2D eigenvalue weighted by molar-refractivity contribution is 5.79. The van der Waals surface area contributed by atoms with Gasteiger partial charge in [0.15, 0.2) is 0 Å². The van der Waals surface area contributed by atoms with Crippen LogP contribution in [0.2, 0.25) is 0 Å². The van der Waals surface area contributed by atoms with Crippen LogP contribution in [-0.4, -0.2) is 70.2 Å². The fourth-order valence-corrected chi connectivity index (χ4v) is 5.48. The summed E-state index contributed by atoms with van der Waals surface area (Å²) in [6, 6.07) is 4.80. The highest BCUT2D eigenvalue weighted by atomic mass is 16.3. The van der Waals surface area contributed by atoms with Crippen LogP contribution in [0.5, 0.6) is 0 Å². The molecule has 0 unspecified atom stereocenters. The lowest BCUT2D eigenvalue weighted by atomic mass is 9.91. The zero-order valence-electron chi connectivity index (χ0n) is 17.6. The van der Waals surface area contributed by atoms with Crippen molar-refractivity contribution in [3.05, 3.63) is 30.1 Å². The fraction of sp³-hybridized carbons (Fsp3) is 0.739. The van der Waals surface area contributed by atoms with Crippen LogP contribution in [0.3, 0.4) is 0 Å². The Balaban J connectivity index is 1.26. The van der Waals surface area contributed by atoms with E-state index in [-0.39, 0.29) is 24.0 Å². The first-order valence-corrected chi connectivity index (χ1v) is 11.5. The van der Waals surface area contributed by atoms with E-state index in [4.69, 9.17) is 0 Å². The van der Waals surface area contributed by atoms with Crippen LogP contribution in [0.4, 0.5) is 0 Å². The number of piperidine rings is 2. The monoisotopic (exact) mass is 400 g/mol. The highest BCUT2D eigenvalue weighted by Crippen LogP contribution is 2.31. The van der Waals surface area contributed by atoms with Gasteiger partial charge in [-0.25, -0.2) is 0 Å². The number of nitrogens with zero attached hydrogens (tertiary/aromatic N) is 3. The van der Waals surface area contributed by atoms with E-state index in [0.29, 0.717) is 6.04 Å². The van der Waals surface area contributed by atoms with E-state index in [1.807, 2.05) is 12.4 Å². The number of likely N-dealkylation sites (tertiary alicyclic amines) is 2. The van der Waals surface area contributed by atoms with Crippen LogP contribution in [-0.2, 0) is 11.3 Å². The molecular weight excluding hydrogens is 364 g/mol. The molecule has 29 heavy (non-hydrogen) atoms. The molecule has 4 rings (SSSR count). The van der Waals surface area contributed by atoms with Crippen molar-refractivity contribution in [2.24, 2.45) is 5.92 Å². The Labute approximate surface area is 174 Å². The van der Waals surface area contributed by atoms with Gasteiger partial charge in [-0.3, -0.25) is 19.6 Å². The van der Waals surface area contributed by atoms with Gasteiger partial charge in [-0.1, -0.05) is 12.8 Å². The Morgan fingerprint density at radius 2 is 1.83 bits per heavy atom. The maximum atomic E-state index is 12.9. The Hall–Kier alpha value is -1.50. The smallest absolute Gasteiger partial charge is 0.224 e. The predicted octanol–water partition coefficient (Wildman–Crippen LogP) is 2.18. The van der Waals surface area contributed by atoms with Crippen molar-refractivity contribution >= 4 is 5.91 Å². The summed E-state index contributed by atoms with van der Waals surface area (Å²) in [5, 5.41) is 13.1. The average molecular weight is 401 g/mol. The van der Waals surface area contributed by atoms with Crippen LogP contribution in [0.1, 0.15) is 56.9 Å². The van der Waals surface area contributed by atoms with E-state index in [1.54, 1.807) is 0 Å². The van der Waals surface area contributed by atoms with Crippen molar-refractivity contribution in [1.82, 2.24) is 20.1 Å². The molecule has 2 N–H and O–H groups in total. The van der Waals surface area contributed by atoms with Crippen molar-refractivity contribution in [1.29, 1.82) is 0 Å². The summed E-state index contributed by atoms with van der Waals surface area (Å²) in [7, 11) is 0. The van der Waals surface area contributed by atoms with Crippen molar-refractivity contribution in [2.75, 3.05) is 32.8 Å². The minimum Gasteiger partial charge on any atom is -0.394 e. The van der Waals surface area contributed by atoms with Crippen molar-refractivity contribution in [2.45, 2.75) is 69.5 Å². The molecule has 0 bridgehead atoms. The average Bonchev–Trinajstić information content (AvgIpc) is 3.24. The number of aliphatic hydroxyl groups is 1. The molecule has 6 nitrogen and oxygen atoms in total. The molecule has 3 aliphatic rings. The second kappa shape index (κ2) is 9.54. The predicted molar refractivity (Wildman–Crippen MR) is 113 cm³/mol. The minimum absolute atomic E-state index is 0.0719. The normalized spacial score (nSPS) is 26.4. The van der Waals surface area contributed by atoms with E-state index >= 15 is 0 Å². The number of carbonyl (C=O) groups is 1. The second-order valence-corrected chi connectivity index (χ2v) is 9.33. The third kappa shape index (κ3) is 5.16. The van der Waals surface area contributed by atoms with Gasteiger partial charge in [0.1, 0.15) is 0 Å². The lowest BCUT2D eigenvalue weighted by Gasteiger charge is -2.42. The number of amides is 1. The molecule has 1 aliphatic carbocycles. The van der Waals surface area contributed by atoms with E-state index in [2.05, 4.69) is 32.2 Å². The molecule has 1 atom stereocenters. The van der Waals surface area contributed by atoms with Crippen molar-refractivity contribution in [3.8, 4) is 0 Å². The first-order valence-electron chi connectivity index (χ1n) is 11.5. The number of carbonyl (C=O) groups excluding carboxylic acids is 1. The maximum absolute atomic E-state index is 12.9. The molecule has 1 aromatic heterocycles. The molecule has 160 valence electrons. The summed E-state index contributed by atoms with van der Waals surface area (Å²) in [5.74, 6) is 0.239. The summed E-state index contributed by atoms with van der Waals surface area (Å²) in [4.78, 5) is 22.1. The molecule has 6 heteroatoms. The number of rotatable bonds is 6. The molecule has 1 aromatic rings. The first kappa shape index (κ1) is 20.8. The van der Waals surface area contributed by atoms with Crippen LogP contribution in [0.25, 0.3) is 0 Å². The number of nitrogens with one attached hydrogen (secondary N) is 1. The van der Waals surface area contributed by atoms with Crippen LogP contribution < -0.4 is 5.32 Å². The number of aliphatic hydroxyl groups excluding tert-OH is 1. The Morgan fingerprint density at radius 1 is 1.10 bits per heavy atom. The van der Waals surface area contributed by atoms with E-state index in [0.717, 1.165) is 71.2 Å². The summed E-state index contributed by atoms with van der Waals surface area (Å²) in [6.45, 7) is 5.31. The minimum atomic E-state index is -0.350. The van der Waals surface area contributed by atoms with Gasteiger partial charge in [0, 0.05) is 31.5 Å². The van der Waals surface area contributed by atoms with Crippen molar-refractivity contribution in [3.63, 3.8) is 0 Å². The van der Waals surface area contributed by atoms with E-state index < -0.39 is 0 Å². The zero-order valence-corrected chi connectivity index (χ0v) is 17.6. The summed E-state index contributed by atoms with van der Waals surface area (Å²) >= 11 is 0. The highest BCUT2D eigenvalue weighted by Gasteiger charge is 2.38. The molecule has 3 fully saturated rings. The summed E-state index contributed by atoms with van der Waals surface area (Å²) < 4.78 is 0. The lowest BCUT2D eigenvalue weighted by molar-refractivity contribution is -0.129. The van der Waals surface area contributed by atoms with Crippen LogP contribution >= 0.6 is 0 Å². The molecule has 1 saturated carbocycles. The number of aromatic nitrogens is 1. The van der Waals surface area contributed by atoms with E-state index in [9.17, 15) is 9.90 Å². The molecule has 3 heterocycles. The van der Waals surface area contributed by atoms with Gasteiger partial charge in [0.2, 0.25) is 5.91 Å². The van der Waals surface area contributed by atoms with Gasteiger partial charge < -0.3 is 10.4 Å². The summed E-state index contributed by atoms with van der Waals surface area (Å²) in [6.07, 6.45) is 12.2. The number of pyridine rings is 1. The Morgan fingerprint density at radius 3 is 2.52 bits per heavy atom. The van der Waals surface area contributed by atoms with Gasteiger partial charge in [-0.05, 0) is 75.9 Å². The SMILES string of the molecule is O=C(NC1(CO)CCCC1)[C@H]1CCCN(C2CCN(Cc3ccncc3)CC2)C1. The fourth-order valence-electron chi connectivity index (χ4n) is 5.48. The van der Waals surface area contributed by atoms with Gasteiger partial charge in [0.25, 0.3) is 0 Å². The Bertz CT molecular complexity index is 654. The lowest BCUT2D eigenvalue weighted by Crippen LogP contribution is -2.55. The molecule has 0 radical (unpaired) electrons. The van der Waals surface area contributed by atoms with E-state index in [1.165, 1.54) is 18.4 Å². The molecule has 0 aromatic carbocycles. The number of hydrogen-bond acceptors (Lipinski definition) is 5. The largest absolute Gasteiger partial charge is 0.394 e. The third-order valence-electron chi connectivity index (χ3n) is 7.30. The molecule has 0 spiro atoms.